The number of hydrogen-bond acceptors (Lipinski definition) is 4. The molecule has 8 nitrogen and oxygen atoms in total. The minimum absolute atomic E-state index is 0.165. The number of urea groups is 1. The van der Waals surface area contributed by atoms with Gasteiger partial charge in [-0.2, -0.15) is 0 Å². The third-order valence-electron chi connectivity index (χ3n) is 3.77. The maximum Gasteiger partial charge on any atom is 0.319 e. The van der Waals surface area contributed by atoms with Gasteiger partial charge in [-0.15, -0.1) is 6.58 Å². The summed E-state index contributed by atoms with van der Waals surface area (Å²) in [6.45, 7) is 5.90. The van der Waals surface area contributed by atoms with Gasteiger partial charge < -0.3 is 16.0 Å². The van der Waals surface area contributed by atoms with Gasteiger partial charge >= 0.3 is 6.03 Å². The molecular weight excluding hydrogens is 404 g/mol. The van der Waals surface area contributed by atoms with Crippen LogP contribution >= 0.6 is 0 Å². The molecule has 0 aliphatic rings. The average molecular weight is 429 g/mol. The molecule has 30 heavy (non-hydrogen) atoms. The van der Waals surface area contributed by atoms with E-state index in [0.29, 0.717) is 30.0 Å². The summed E-state index contributed by atoms with van der Waals surface area (Å²) in [5, 5.41) is 7.96. The third-order valence-corrected chi connectivity index (χ3v) is 5.33. The third kappa shape index (κ3) is 7.19. The number of carbonyl (C=O) groups is 2. The van der Waals surface area contributed by atoms with E-state index in [1.54, 1.807) is 55.5 Å². The van der Waals surface area contributed by atoms with Crippen molar-refractivity contribution in [2.24, 2.45) is 0 Å². The Kier molecular flexibility index (Phi) is 8.33. The normalized spacial score (nSPS) is 11.1. The molecule has 0 fully saturated rings. The topological polar surface area (TPSA) is 116 Å². The van der Waals surface area contributed by atoms with Crippen LogP contribution in [0.3, 0.4) is 0 Å². The summed E-state index contributed by atoms with van der Waals surface area (Å²) >= 11 is 0. The fourth-order valence-electron chi connectivity index (χ4n) is 2.36. The van der Waals surface area contributed by atoms with Crippen LogP contribution in [0.15, 0.2) is 72.2 Å². The van der Waals surface area contributed by atoms with E-state index in [0.717, 1.165) is 0 Å². The van der Waals surface area contributed by atoms with Crippen molar-refractivity contribution < 1.29 is 18.0 Å². The second kappa shape index (κ2) is 10.9. The van der Waals surface area contributed by atoms with E-state index in [4.69, 9.17) is 0 Å². The van der Waals surface area contributed by atoms with Gasteiger partial charge in [0.1, 0.15) is 0 Å². The summed E-state index contributed by atoms with van der Waals surface area (Å²) in [6.07, 6.45) is 4.51. The quantitative estimate of drug-likeness (QED) is 0.363. The fourth-order valence-corrected chi connectivity index (χ4v) is 3.41. The zero-order chi connectivity index (χ0) is 22.0. The van der Waals surface area contributed by atoms with E-state index >= 15 is 0 Å². The van der Waals surface area contributed by atoms with Gasteiger partial charge in [0, 0.05) is 30.5 Å². The van der Waals surface area contributed by atoms with Crippen LogP contribution in [0, 0.1) is 0 Å². The Bertz CT molecular complexity index is 1010. The first-order chi connectivity index (χ1) is 14.3. The number of hydrogen-bond donors (Lipinski definition) is 4. The van der Waals surface area contributed by atoms with Gasteiger partial charge in [0.25, 0.3) is 0 Å². The predicted octanol–water partition coefficient (Wildman–Crippen LogP) is 2.94. The zero-order valence-corrected chi connectivity index (χ0v) is 17.3. The second-order valence-corrected chi connectivity index (χ2v) is 7.86. The molecule has 158 valence electrons. The molecule has 0 aliphatic heterocycles. The Labute approximate surface area is 176 Å². The van der Waals surface area contributed by atoms with Crippen LogP contribution < -0.4 is 20.7 Å². The van der Waals surface area contributed by atoms with Crippen LogP contribution in [-0.4, -0.2) is 33.4 Å². The minimum atomic E-state index is -3.50. The van der Waals surface area contributed by atoms with Crippen molar-refractivity contribution in [1.29, 1.82) is 0 Å². The summed E-state index contributed by atoms with van der Waals surface area (Å²) in [7, 11) is -3.50. The van der Waals surface area contributed by atoms with Gasteiger partial charge in [0.05, 0.1) is 4.90 Å². The van der Waals surface area contributed by atoms with E-state index < -0.39 is 10.0 Å². The lowest BCUT2D eigenvalue weighted by molar-refractivity contribution is -0.111. The number of amides is 3. The summed E-state index contributed by atoms with van der Waals surface area (Å²) in [5.41, 5.74) is 1.83. The molecule has 0 radical (unpaired) electrons. The molecule has 2 aromatic carbocycles. The first kappa shape index (κ1) is 22.9. The number of rotatable bonds is 9. The molecule has 0 heterocycles. The van der Waals surface area contributed by atoms with Crippen LogP contribution in [0.4, 0.5) is 16.2 Å². The second-order valence-electron chi connectivity index (χ2n) is 6.09. The summed E-state index contributed by atoms with van der Waals surface area (Å²) in [4.78, 5) is 23.8. The molecule has 0 saturated carbocycles. The highest BCUT2D eigenvalue weighted by molar-refractivity contribution is 7.89. The minimum Gasteiger partial charge on any atom is -0.334 e. The average Bonchev–Trinajstić information content (AvgIpc) is 2.72. The van der Waals surface area contributed by atoms with Crippen molar-refractivity contribution in [3.05, 3.63) is 72.8 Å². The largest absolute Gasteiger partial charge is 0.334 e. The SMILES string of the molecule is C=CCNC(=O)Nc1ccc(NC(=O)/C=C/c2ccc(S(=O)(=O)NCC)cc2)cc1. The standard InChI is InChI=1S/C21H24N4O4S/c1-3-15-22-21(27)25-18-10-8-17(9-11-18)24-20(26)14-7-16-5-12-19(13-6-16)30(28,29)23-4-2/h3,5-14,23H,1,4,15H2,2H3,(H,24,26)(H2,22,25,27)/b14-7+. The molecule has 4 N–H and O–H groups in total. The lowest BCUT2D eigenvalue weighted by Crippen LogP contribution is -2.28. The van der Waals surface area contributed by atoms with Crippen molar-refractivity contribution in [2.45, 2.75) is 11.8 Å². The molecule has 3 amide bonds. The van der Waals surface area contributed by atoms with E-state index in [2.05, 4.69) is 27.3 Å². The van der Waals surface area contributed by atoms with Gasteiger partial charge in [0.2, 0.25) is 15.9 Å². The summed E-state index contributed by atoms with van der Waals surface area (Å²) < 4.78 is 26.3. The van der Waals surface area contributed by atoms with E-state index in [1.165, 1.54) is 18.2 Å². The Balaban J connectivity index is 1.91. The van der Waals surface area contributed by atoms with Crippen molar-refractivity contribution in [1.82, 2.24) is 10.0 Å². The Morgan fingerprint density at radius 3 is 2.13 bits per heavy atom. The lowest BCUT2D eigenvalue weighted by Gasteiger charge is -2.07. The van der Waals surface area contributed by atoms with Crippen LogP contribution in [0.5, 0.6) is 0 Å². The van der Waals surface area contributed by atoms with Gasteiger partial charge in [0.15, 0.2) is 0 Å². The molecule has 9 heteroatoms. The zero-order valence-electron chi connectivity index (χ0n) is 16.5. The van der Waals surface area contributed by atoms with Gasteiger partial charge in [-0.3, -0.25) is 4.79 Å². The highest BCUT2D eigenvalue weighted by atomic mass is 32.2. The number of nitrogens with one attached hydrogen (secondary N) is 4. The molecule has 0 atom stereocenters. The lowest BCUT2D eigenvalue weighted by atomic mass is 10.2. The Morgan fingerprint density at radius 1 is 0.967 bits per heavy atom. The molecule has 0 unspecified atom stereocenters. The number of benzene rings is 2. The van der Waals surface area contributed by atoms with Crippen LogP contribution in [0.1, 0.15) is 12.5 Å². The fraction of sp³-hybridized carbons (Fsp3) is 0.143. The molecular formula is C21H24N4O4S. The van der Waals surface area contributed by atoms with Gasteiger partial charge in [-0.25, -0.2) is 17.9 Å². The van der Waals surface area contributed by atoms with E-state index in [9.17, 15) is 18.0 Å². The van der Waals surface area contributed by atoms with E-state index in [-0.39, 0.29) is 16.8 Å². The monoisotopic (exact) mass is 428 g/mol. The molecule has 0 aromatic heterocycles. The smallest absolute Gasteiger partial charge is 0.319 e. The maximum atomic E-state index is 12.1. The predicted molar refractivity (Wildman–Crippen MR) is 119 cm³/mol. The molecule has 2 aromatic rings. The number of sulfonamides is 1. The van der Waals surface area contributed by atoms with Crippen LogP contribution in [0.2, 0.25) is 0 Å². The molecule has 0 bridgehead atoms. The maximum absolute atomic E-state index is 12.1. The van der Waals surface area contributed by atoms with Crippen molar-refractivity contribution in [3.8, 4) is 0 Å². The summed E-state index contributed by atoms with van der Waals surface area (Å²) in [6, 6.07) is 12.5. The van der Waals surface area contributed by atoms with Crippen molar-refractivity contribution in [3.63, 3.8) is 0 Å². The summed E-state index contributed by atoms with van der Waals surface area (Å²) in [5.74, 6) is -0.344. The molecule has 0 spiro atoms. The Morgan fingerprint density at radius 2 is 1.57 bits per heavy atom. The number of carbonyl (C=O) groups excluding carboxylic acids is 2. The molecule has 0 aliphatic carbocycles. The Hall–Kier alpha value is -3.43. The number of anilines is 2. The highest BCUT2D eigenvalue weighted by Crippen LogP contribution is 2.14. The highest BCUT2D eigenvalue weighted by Gasteiger charge is 2.11. The van der Waals surface area contributed by atoms with Crippen LogP contribution in [-0.2, 0) is 14.8 Å². The molecule has 2 rings (SSSR count). The molecule has 0 saturated heterocycles. The van der Waals surface area contributed by atoms with Gasteiger partial charge in [-0.05, 0) is 48.0 Å². The van der Waals surface area contributed by atoms with Crippen molar-refractivity contribution in [2.75, 3.05) is 23.7 Å². The van der Waals surface area contributed by atoms with Gasteiger partial charge in [-0.1, -0.05) is 25.1 Å². The van der Waals surface area contributed by atoms with E-state index in [1.807, 2.05) is 0 Å². The van der Waals surface area contributed by atoms with Crippen LogP contribution in [0.25, 0.3) is 6.08 Å². The van der Waals surface area contributed by atoms with Crippen molar-refractivity contribution >= 4 is 39.4 Å². The first-order valence-electron chi connectivity index (χ1n) is 9.18. The first-order valence-corrected chi connectivity index (χ1v) is 10.7.